The van der Waals surface area contributed by atoms with Gasteiger partial charge in [0, 0.05) is 47.0 Å². The Morgan fingerprint density at radius 1 is 0.935 bits per heavy atom. The van der Waals surface area contributed by atoms with Crippen LogP contribution in [0.4, 0.5) is 11.4 Å². The number of benzene rings is 3. The van der Waals surface area contributed by atoms with Crippen LogP contribution in [0.25, 0.3) is 10.9 Å². The van der Waals surface area contributed by atoms with Crippen molar-refractivity contribution in [2.45, 2.75) is 19.3 Å². The lowest BCUT2D eigenvalue weighted by molar-refractivity contribution is -0.116. The van der Waals surface area contributed by atoms with Crippen LogP contribution in [0.15, 0.2) is 79.0 Å². The van der Waals surface area contributed by atoms with Crippen LogP contribution < -0.4 is 10.2 Å². The van der Waals surface area contributed by atoms with Crippen LogP contribution in [0.5, 0.6) is 0 Å². The maximum atomic E-state index is 12.9. The summed E-state index contributed by atoms with van der Waals surface area (Å²) in [5, 5.41) is 4.08. The van der Waals surface area contributed by atoms with Crippen molar-refractivity contribution in [2.75, 3.05) is 16.8 Å². The largest absolute Gasteiger partial charge is 0.361 e. The fourth-order valence-electron chi connectivity index (χ4n) is 4.21. The van der Waals surface area contributed by atoms with Crippen molar-refractivity contribution in [3.05, 3.63) is 95.7 Å². The number of amides is 2. The van der Waals surface area contributed by atoms with Gasteiger partial charge in [-0.15, -0.1) is 0 Å². The molecule has 5 rings (SSSR count). The monoisotopic (exact) mass is 409 g/mol. The van der Waals surface area contributed by atoms with Gasteiger partial charge in [-0.2, -0.15) is 0 Å². The van der Waals surface area contributed by atoms with E-state index < -0.39 is 0 Å². The molecule has 5 nitrogen and oxygen atoms in total. The molecule has 2 heterocycles. The van der Waals surface area contributed by atoms with E-state index in [4.69, 9.17) is 0 Å². The molecule has 0 saturated carbocycles. The molecule has 2 amide bonds. The molecule has 1 aliphatic heterocycles. The van der Waals surface area contributed by atoms with E-state index in [1.807, 2.05) is 47.5 Å². The van der Waals surface area contributed by atoms with Gasteiger partial charge >= 0.3 is 0 Å². The molecule has 0 bridgehead atoms. The third-order valence-corrected chi connectivity index (χ3v) is 5.84. The Kier molecular flexibility index (Phi) is 5.00. The number of para-hydroxylation sites is 2. The molecule has 31 heavy (non-hydrogen) atoms. The summed E-state index contributed by atoms with van der Waals surface area (Å²) >= 11 is 0. The van der Waals surface area contributed by atoms with Crippen molar-refractivity contribution in [3.8, 4) is 0 Å². The number of aromatic amines is 1. The second kappa shape index (κ2) is 8.11. The van der Waals surface area contributed by atoms with Crippen LogP contribution in [0, 0.1) is 0 Å². The number of aryl methyl sites for hydroxylation is 1. The molecule has 1 aliphatic rings. The third kappa shape index (κ3) is 3.82. The van der Waals surface area contributed by atoms with Crippen molar-refractivity contribution >= 4 is 34.1 Å². The first kappa shape index (κ1) is 19.1. The van der Waals surface area contributed by atoms with Crippen molar-refractivity contribution in [1.29, 1.82) is 0 Å². The minimum absolute atomic E-state index is 0.0119. The standard InChI is InChI=1S/C26H23N3O2/c30-25(14-11-20-17-27-23-7-3-2-6-22(20)23)28-21-12-9-19(10-13-21)26(31)29-16-15-18-5-1-4-8-24(18)29/h1-10,12-13,17,27H,11,14-16H2,(H,28,30). The summed E-state index contributed by atoms with van der Waals surface area (Å²) in [5.41, 5.74) is 5.73. The number of fused-ring (bicyclic) bond motifs is 2. The molecule has 0 saturated heterocycles. The summed E-state index contributed by atoms with van der Waals surface area (Å²) in [5.74, 6) is -0.0556. The molecule has 0 radical (unpaired) electrons. The molecule has 5 heteroatoms. The number of hydrogen-bond donors (Lipinski definition) is 2. The second-order valence-electron chi connectivity index (χ2n) is 7.82. The van der Waals surface area contributed by atoms with Gasteiger partial charge in [-0.25, -0.2) is 0 Å². The molecule has 0 aliphatic carbocycles. The van der Waals surface area contributed by atoms with Gasteiger partial charge in [-0.05, 0) is 60.4 Å². The SMILES string of the molecule is O=C(CCc1c[nH]c2ccccc12)Nc1ccc(C(=O)N2CCc3ccccc32)cc1. The minimum atomic E-state index is -0.0437. The molecule has 0 atom stereocenters. The lowest BCUT2D eigenvalue weighted by Gasteiger charge is -2.17. The van der Waals surface area contributed by atoms with Gasteiger partial charge in [0.15, 0.2) is 0 Å². The van der Waals surface area contributed by atoms with Crippen LogP contribution in [0.3, 0.4) is 0 Å². The zero-order chi connectivity index (χ0) is 21.2. The van der Waals surface area contributed by atoms with E-state index >= 15 is 0 Å². The van der Waals surface area contributed by atoms with E-state index in [9.17, 15) is 9.59 Å². The van der Waals surface area contributed by atoms with Gasteiger partial charge in [-0.1, -0.05) is 36.4 Å². The van der Waals surface area contributed by atoms with Crippen molar-refractivity contribution < 1.29 is 9.59 Å². The smallest absolute Gasteiger partial charge is 0.258 e. The first-order valence-corrected chi connectivity index (χ1v) is 10.5. The Bertz CT molecular complexity index is 1260. The van der Waals surface area contributed by atoms with Crippen LogP contribution >= 0.6 is 0 Å². The van der Waals surface area contributed by atoms with Crippen LogP contribution in [0.2, 0.25) is 0 Å². The fourth-order valence-corrected chi connectivity index (χ4v) is 4.21. The molecular weight excluding hydrogens is 386 g/mol. The summed E-state index contributed by atoms with van der Waals surface area (Å²) in [4.78, 5) is 30.4. The summed E-state index contributed by atoms with van der Waals surface area (Å²) in [7, 11) is 0. The van der Waals surface area contributed by atoms with Crippen molar-refractivity contribution in [1.82, 2.24) is 4.98 Å². The topological polar surface area (TPSA) is 65.2 Å². The molecule has 0 fully saturated rings. The van der Waals surface area contributed by atoms with Gasteiger partial charge in [0.05, 0.1) is 0 Å². The van der Waals surface area contributed by atoms with Crippen molar-refractivity contribution in [2.24, 2.45) is 0 Å². The number of H-pyrrole nitrogens is 1. The van der Waals surface area contributed by atoms with Gasteiger partial charge < -0.3 is 15.2 Å². The Morgan fingerprint density at radius 2 is 1.71 bits per heavy atom. The number of nitrogens with one attached hydrogen (secondary N) is 2. The Labute approximate surface area is 180 Å². The Morgan fingerprint density at radius 3 is 2.58 bits per heavy atom. The first-order valence-electron chi connectivity index (χ1n) is 10.5. The van der Waals surface area contributed by atoms with E-state index in [2.05, 4.69) is 22.4 Å². The number of aromatic nitrogens is 1. The Balaban J connectivity index is 1.20. The van der Waals surface area contributed by atoms with Gasteiger partial charge in [0.1, 0.15) is 0 Å². The van der Waals surface area contributed by atoms with Gasteiger partial charge in [0.25, 0.3) is 5.91 Å². The highest BCUT2D eigenvalue weighted by molar-refractivity contribution is 6.07. The predicted molar refractivity (Wildman–Crippen MR) is 124 cm³/mol. The summed E-state index contributed by atoms with van der Waals surface area (Å²) in [6.45, 7) is 0.699. The number of nitrogens with zero attached hydrogens (tertiary/aromatic N) is 1. The Hall–Kier alpha value is -3.86. The zero-order valence-corrected chi connectivity index (χ0v) is 17.1. The first-order chi connectivity index (χ1) is 15.2. The number of hydrogen-bond acceptors (Lipinski definition) is 2. The molecule has 3 aromatic carbocycles. The highest BCUT2D eigenvalue weighted by atomic mass is 16.2. The number of rotatable bonds is 5. The van der Waals surface area contributed by atoms with Crippen LogP contribution in [-0.2, 0) is 17.6 Å². The molecule has 4 aromatic rings. The van der Waals surface area contributed by atoms with E-state index in [0.717, 1.165) is 28.6 Å². The average molecular weight is 409 g/mol. The molecule has 154 valence electrons. The summed E-state index contributed by atoms with van der Waals surface area (Å²) < 4.78 is 0. The highest BCUT2D eigenvalue weighted by Crippen LogP contribution is 2.29. The van der Waals surface area contributed by atoms with Crippen LogP contribution in [-0.4, -0.2) is 23.3 Å². The summed E-state index contributed by atoms with van der Waals surface area (Å²) in [6, 6.07) is 23.2. The fraction of sp³-hybridized carbons (Fsp3) is 0.154. The minimum Gasteiger partial charge on any atom is -0.361 e. The second-order valence-corrected chi connectivity index (χ2v) is 7.82. The van der Waals surface area contributed by atoms with E-state index in [1.54, 1.807) is 24.3 Å². The molecule has 0 spiro atoms. The summed E-state index contributed by atoms with van der Waals surface area (Å²) in [6.07, 6.45) is 3.91. The van der Waals surface area contributed by atoms with Crippen molar-refractivity contribution in [3.63, 3.8) is 0 Å². The normalized spacial score (nSPS) is 12.7. The maximum Gasteiger partial charge on any atom is 0.258 e. The molecule has 0 unspecified atom stereocenters. The van der Waals surface area contributed by atoms with Gasteiger partial charge in [-0.3, -0.25) is 9.59 Å². The lowest BCUT2D eigenvalue weighted by atomic mass is 10.1. The van der Waals surface area contributed by atoms with Gasteiger partial charge in [0.2, 0.25) is 5.91 Å². The predicted octanol–water partition coefficient (Wildman–Crippen LogP) is 4.94. The highest BCUT2D eigenvalue weighted by Gasteiger charge is 2.25. The van der Waals surface area contributed by atoms with E-state index in [0.29, 0.717) is 30.6 Å². The number of carbonyl (C=O) groups is 2. The lowest BCUT2D eigenvalue weighted by Crippen LogP contribution is -2.28. The molecule has 2 N–H and O–H groups in total. The molecule has 1 aromatic heterocycles. The van der Waals surface area contributed by atoms with Crippen LogP contribution in [0.1, 0.15) is 27.9 Å². The quantitative estimate of drug-likeness (QED) is 0.490. The van der Waals surface area contributed by atoms with E-state index in [-0.39, 0.29) is 11.8 Å². The number of carbonyl (C=O) groups excluding carboxylic acids is 2. The van der Waals surface area contributed by atoms with E-state index in [1.165, 1.54) is 5.56 Å². The zero-order valence-electron chi connectivity index (χ0n) is 17.1. The third-order valence-electron chi connectivity index (χ3n) is 5.84. The number of anilines is 2. The average Bonchev–Trinajstić information content (AvgIpc) is 3.42. The maximum absolute atomic E-state index is 12.9. The molecular formula is C26H23N3O2.